The molecular formula is C25H18S2Si. The van der Waals surface area contributed by atoms with Crippen LogP contribution in [-0.4, -0.2) is 9.52 Å². The lowest BCUT2D eigenvalue weighted by molar-refractivity contribution is 1.06. The second kappa shape index (κ2) is 6.70. The van der Waals surface area contributed by atoms with E-state index < -0.39 is 0 Å². The summed E-state index contributed by atoms with van der Waals surface area (Å²) in [4.78, 5) is 5.71. The second-order valence-corrected chi connectivity index (χ2v) is 11.5. The van der Waals surface area contributed by atoms with Crippen LogP contribution < -0.4 is 10.4 Å². The highest BCUT2D eigenvalue weighted by molar-refractivity contribution is 8.00. The molecule has 0 saturated carbocycles. The summed E-state index contributed by atoms with van der Waals surface area (Å²) in [6.45, 7) is 0. The van der Waals surface area contributed by atoms with E-state index in [0.29, 0.717) is 0 Å². The monoisotopic (exact) mass is 410 g/mol. The van der Waals surface area contributed by atoms with Crippen molar-refractivity contribution in [2.24, 2.45) is 0 Å². The van der Waals surface area contributed by atoms with E-state index in [1.165, 1.54) is 41.8 Å². The maximum Gasteiger partial charge on any atom is 0.0904 e. The van der Waals surface area contributed by atoms with E-state index in [0.717, 1.165) is 6.42 Å². The van der Waals surface area contributed by atoms with Crippen molar-refractivity contribution in [3.8, 4) is 11.1 Å². The zero-order valence-corrected chi connectivity index (χ0v) is 18.4. The van der Waals surface area contributed by atoms with Crippen molar-refractivity contribution in [3.63, 3.8) is 0 Å². The summed E-state index contributed by atoms with van der Waals surface area (Å²) in [5.74, 6) is 0. The minimum absolute atomic E-state index is 0.361. The standard InChI is InChI=1S/C25H18S2Si/c1-2-6-20-18(5-1)13-19-10-9-16(14-22(19)26-20)17-11-12-25-23(15-17)27-21-7-3-4-8-24(21)28-25/h1-12,14-15H,13,28H2. The Kier molecular flexibility index (Phi) is 4.00. The molecule has 0 nitrogen and oxygen atoms in total. The molecule has 3 heteroatoms. The Hall–Kier alpha value is -2.20. The van der Waals surface area contributed by atoms with Crippen molar-refractivity contribution < 1.29 is 0 Å². The van der Waals surface area contributed by atoms with Crippen LogP contribution in [0.15, 0.2) is 105 Å². The Morgan fingerprint density at radius 2 is 1.18 bits per heavy atom. The van der Waals surface area contributed by atoms with Gasteiger partial charge in [0, 0.05) is 19.6 Å². The number of hydrogen-bond donors (Lipinski definition) is 0. The van der Waals surface area contributed by atoms with Crippen molar-refractivity contribution in [2.75, 3.05) is 0 Å². The SMILES string of the molecule is c1ccc2c(c1)Cc1ccc(-c3ccc4c(c3)Sc3ccccc3[SiH2]4)cc1S2. The zero-order chi connectivity index (χ0) is 18.5. The smallest absolute Gasteiger partial charge is 0.0903 e. The number of fused-ring (bicyclic) bond motifs is 4. The highest BCUT2D eigenvalue weighted by Gasteiger charge is 2.19. The Morgan fingerprint density at radius 3 is 2.11 bits per heavy atom. The Bertz CT molecular complexity index is 1130. The van der Waals surface area contributed by atoms with Gasteiger partial charge in [0.25, 0.3) is 0 Å². The number of hydrogen-bond acceptors (Lipinski definition) is 2. The average molecular weight is 411 g/mol. The Morgan fingerprint density at radius 1 is 0.536 bits per heavy atom. The molecule has 0 fully saturated rings. The van der Waals surface area contributed by atoms with Crippen molar-refractivity contribution in [1.29, 1.82) is 0 Å². The van der Waals surface area contributed by atoms with Gasteiger partial charge in [-0.05, 0) is 63.3 Å². The first-order valence-electron chi connectivity index (χ1n) is 9.61. The highest BCUT2D eigenvalue weighted by Crippen LogP contribution is 2.41. The molecule has 2 aliphatic rings. The summed E-state index contributed by atoms with van der Waals surface area (Å²) < 4.78 is 0. The van der Waals surface area contributed by atoms with Crippen molar-refractivity contribution in [2.45, 2.75) is 26.0 Å². The zero-order valence-electron chi connectivity index (χ0n) is 15.3. The molecule has 6 rings (SSSR count). The van der Waals surface area contributed by atoms with E-state index in [1.807, 2.05) is 23.5 Å². The summed E-state index contributed by atoms with van der Waals surface area (Å²) in [5.41, 5.74) is 5.55. The molecule has 2 heterocycles. The van der Waals surface area contributed by atoms with Crippen molar-refractivity contribution in [3.05, 3.63) is 96.1 Å². The molecule has 4 aromatic rings. The van der Waals surface area contributed by atoms with Crippen molar-refractivity contribution in [1.82, 2.24) is 0 Å². The van der Waals surface area contributed by atoms with Gasteiger partial charge < -0.3 is 0 Å². The van der Waals surface area contributed by atoms with Gasteiger partial charge >= 0.3 is 0 Å². The van der Waals surface area contributed by atoms with Gasteiger partial charge in [0.05, 0.1) is 9.52 Å². The Labute approximate surface area is 176 Å². The van der Waals surface area contributed by atoms with Crippen LogP contribution >= 0.6 is 23.5 Å². The van der Waals surface area contributed by atoms with Gasteiger partial charge in [0.1, 0.15) is 0 Å². The van der Waals surface area contributed by atoms with Crippen LogP contribution in [-0.2, 0) is 6.42 Å². The first-order valence-corrected chi connectivity index (χ1v) is 12.7. The lowest BCUT2D eigenvalue weighted by atomic mass is 9.99. The number of benzene rings is 4. The molecular weight excluding hydrogens is 392 g/mol. The second-order valence-electron chi connectivity index (χ2n) is 7.42. The molecule has 0 aromatic heterocycles. The van der Waals surface area contributed by atoms with Crippen LogP contribution in [0.2, 0.25) is 0 Å². The first kappa shape index (κ1) is 16.7. The molecule has 0 radical (unpaired) electrons. The molecule has 2 aliphatic heterocycles. The van der Waals surface area contributed by atoms with Crippen LogP contribution in [0.25, 0.3) is 11.1 Å². The molecule has 0 atom stereocenters. The number of rotatable bonds is 1. The molecule has 0 unspecified atom stereocenters. The first-order chi connectivity index (χ1) is 13.8. The quantitative estimate of drug-likeness (QED) is 0.350. The Balaban J connectivity index is 1.36. The van der Waals surface area contributed by atoms with Crippen LogP contribution in [0.4, 0.5) is 0 Å². The van der Waals surface area contributed by atoms with Crippen LogP contribution in [0, 0.1) is 0 Å². The third-order valence-corrected chi connectivity index (χ3v) is 10.6. The van der Waals surface area contributed by atoms with Crippen molar-refractivity contribution >= 4 is 43.4 Å². The third-order valence-electron chi connectivity index (χ3n) is 5.61. The predicted molar refractivity (Wildman–Crippen MR) is 124 cm³/mol. The minimum atomic E-state index is -0.361. The minimum Gasteiger partial charge on any atom is -0.0903 e. The summed E-state index contributed by atoms with van der Waals surface area (Å²) in [6, 6.07) is 31.8. The summed E-state index contributed by atoms with van der Waals surface area (Å²) in [5, 5.41) is 3.16. The van der Waals surface area contributed by atoms with E-state index in [9.17, 15) is 0 Å². The maximum atomic E-state index is 2.41. The molecule has 0 amide bonds. The lowest BCUT2D eigenvalue weighted by Crippen LogP contribution is -2.33. The van der Waals surface area contributed by atoms with Gasteiger partial charge in [0.15, 0.2) is 0 Å². The third kappa shape index (κ3) is 2.86. The van der Waals surface area contributed by atoms with Crippen LogP contribution in [0.1, 0.15) is 11.1 Å². The molecule has 0 aliphatic carbocycles. The normalized spacial score (nSPS) is 14.7. The average Bonchev–Trinajstić information content (AvgIpc) is 2.75. The molecule has 28 heavy (non-hydrogen) atoms. The van der Waals surface area contributed by atoms with Gasteiger partial charge in [-0.1, -0.05) is 84.2 Å². The predicted octanol–water partition coefficient (Wildman–Crippen LogP) is 4.99. The van der Waals surface area contributed by atoms with Gasteiger partial charge in [-0.3, -0.25) is 0 Å². The fourth-order valence-corrected chi connectivity index (χ4v) is 8.51. The van der Waals surface area contributed by atoms with Gasteiger partial charge in [-0.15, -0.1) is 0 Å². The van der Waals surface area contributed by atoms with E-state index in [2.05, 4.69) is 84.9 Å². The molecule has 0 spiro atoms. The molecule has 0 bridgehead atoms. The maximum absolute atomic E-state index is 2.41. The fourth-order valence-electron chi connectivity index (χ4n) is 4.10. The molecule has 0 N–H and O–H groups in total. The fraction of sp³-hybridized carbons (Fsp3) is 0.0400. The van der Waals surface area contributed by atoms with Gasteiger partial charge in [-0.2, -0.15) is 0 Å². The van der Waals surface area contributed by atoms with Crippen LogP contribution in [0.5, 0.6) is 0 Å². The van der Waals surface area contributed by atoms with Gasteiger partial charge in [-0.25, -0.2) is 0 Å². The topological polar surface area (TPSA) is 0 Å². The van der Waals surface area contributed by atoms with E-state index in [4.69, 9.17) is 0 Å². The summed E-state index contributed by atoms with van der Waals surface area (Å²) >= 11 is 3.85. The van der Waals surface area contributed by atoms with Crippen LogP contribution in [0.3, 0.4) is 0 Å². The molecule has 134 valence electrons. The van der Waals surface area contributed by atoms with E-state index in [1.54, 1.807) is 10.4 Å². The largest absolute Gasteiger partial charge is 0.0904 e. The lowest BCUT2D eigenvalue weighted by Gasteiger charge is -2.21. The molecule has 4 aromatic carbocycles. The highest BCUT2D eigenvalue weighted by atomic mass is 32.2. The summed E-state index contributed by atoms with van der Waals surface area (Å²) in [6.07, 6.45) is 1.04. The van der Waals surface area contributed by atoms with E-state index in [-0.39, 0.29) is 9.52 Å². The molecule has 0 saturated heterocycles. The van der Waals surface area contributed by atoms with Gasteiger partial charge in [0.2, 0.25) is 0 Å². The summed E-state index contributed by atoms with van der Waals surface area (Å²) in [7, 11) is -0.361. The van der Waals surface area contributed by atoms with E-state index >= 15 is 0 Å².